The first kappa shape index (κ1) is 15.4. The summed E-state index contributed by atoms with van der Waals surface area (Å²) in [4.78, 5) is 0. The zero-order valence-corrected chi connectivity index (χ0v) is 14.7. The topological polar surface area (TPSA) is 17.0 Å². The molecule has 2 heteroatoms. The molecule has 1 aliphatic heterocycles. The van der Waals surface area contributed by atoms with E-state index in [0.717, 1.165) is 19.5 Å². The van der Waals surface area contributed by atoms with E-state index in [-0.39, 0.29) is 6.04 Å². The summed E-state index contributed by atoms with van der Waals surface area (Å²) in [7, 11) is 0. The van der Waals surface area contributed by atoms with Gasteiger partial charge in [-0.2, -0.15) is 0 Å². The first-order valence-electron chi connectivity index (χ1n) is 9.34. The Bertz CT molecular complexity index is 1030. The van der Waals surface area contributed by atoms with Crippen LogP contribution in [0.25, 0.3) is 10.9 Å². The Kier molecular flexibility index (Phi) is 3.84. The van der Waals surface area contributed by atoms with Gasteiger partial charge < -0.3 is 9.88 Å². The third kappa shape index (κ3) is 2.54. The second kappa shape index (κ2) is 6.47. The van der Waals surface area contributed by atoms with Crippen molar-refractivity contribution in [2.75, 3.05) is 6.54 Å². The number of hydrogen-bond donors (Lipinski definition) is 1. The molecule has 2 nitrogen and oxygen atoms in total. The fraction of sp³-hybridized carbons (Fsp3) is 0.167. The fourth-order valence-corrected chi connectivity index (χ4v) is 4.28. The van der Waals surface area contributed by atoms with Gasteiger partial charge in [0.15, 0.2) is 0 Å². The number of fused-ring (bicyclic) bond motifs is 3. The first-order valence-corrected chi connectivity index (χ1v) is 9.34. The van der Waals surface area contributed by atoms with Crippen molar-refractivity contribution < 1.29 is 0 Å². The standard InChI is InChI=1S/C24H22N2/c1-3-9-18(10-4-1)17-26-22-14-8-7-13-20(22)21-15-16-25-23(24(21)26)19-11-5-2-6-12-19/h1-14,23,25H,15-17H2/t23-/m0/s1. The van der Waals surface area contributed by atoms with Crippen molar-refractivity contribution in [3.63, 3.8) is 0 Å². The molecule has 2 heterocycles. The summed E-state index contributed by atoms with van der Waals surface area (Å²) in [5, 5.41) is 5.16. The number of rotatable bonds is 3. The number of benzene rings is 3. The molecule has 4 aromatic rings. The molecule has 26 heavy (non-hydrogen) atoms. The minimum atomic E-state index is 0.246. The first-order chi connectivity index (χ1) is 12.9. The smallest absolute Gasteiger partial charge is 0.0734 e. The Balaban J connectivity index is 1.73. The lowest BCUT2D eigenvalue weighted by Gasteiger charge is -2.27. The Morgan fingerprint density at radius 3 is 2.31 bits per heavy atom. The predicted molar refractivity (Wildman–Crippen MR) is 107 cm³/mol. The molecule has 5 rings (SSSR count). The van der Waals surface area contributed by atoms with Crippen molar-refractivity contribution in [1.29, 1.82) is 0 Å². The molecular weight excluding hydrogens is 316 g/mol. The van der Waals surface area contributed by atoms with Crippen molar-refractivity contribution in [2.45, 2.75) is 19.0 Å². The second-order valence-electron chi connectivity index (χ2n) is 7.00. The maximum absolute atomic E-state index is 3.76. The fourth-order valence-electron chi connectivity index (χ4n) is 4.28. The molecular formula is C24H22N2. The van der Waals surface area contributed by atoms with E-state index in [1.54, 1.807) is 0 Å². The second-order valence-corrected chi connectivity index (χ2v) is 7.00. The molecule has 128 valence electrons. The molecule has 3 aromatic carbocycles. The third-order valence-electron chi connectivity index (χ3n) is 5.43. The van der Waals surface area contributed by atoms with Crippen LogP contribution in [0.4, 0.5) is 0 Å². The van der Waals surface area contributed by atoms with Crippen LogP contribution < -0.4 is 5.32 Å². The summed E-state index contributed by atoms with van der Waals surface area (Å²) in [6, 6.07) is 30.7. The zero-order valence-electron chi connectivity index (χ0n) is 14.7. The van der Waals surface area contributed by atoms with Crippen LogP contribution in [-0.4, -0.2) is 11.1 Å². The molecule has 0 saturated carbocycles. The lowest BCUT2D eigenvalue weighted by atomic mass is 9.94. The van der Waals surface area contributed by atoms with Crippen LogP contribution in [0.3, 0.4) is 0 Å². The third-order valence-corrected chi connectivity index (χ3v) is 5.43. The highest BCUT2D eigenvalue weighted by atomic mass is 15.1. The molecule has 1 aliphatic rings. The molecule has 0 spiro atoms. The lowest BCUT2D eigenvalue weighted by Crippen LogP contribution is -2.32. The number of nitrogens with zero attached hydrogens (tertiary/aromatic N) is 1. The van der Waals surface area contributed by atoms with Gasteiger partial charge in [0, 0.05) is 29.7 Å². The van der Waals surface area contributed by atoms with E-state index in [4.69, 9.17) is 0 Å². The Hall–Kier alpha value is -2.84. The van der Waals surface area contributed by atoms with Crippen LogP contribution in [0.5, 0.6) is 0 Å². The van der Waals surface area contributed by atoms with Crippen molar-refractivity contribution in [3.8, 4) is 0 Å². The Morgan fingerprint density at radius 2 is 1.50 bits per heavy atom. The van der Waals surface area contributed by atoms with Gasteiger partial charge in [0.05, 0.1) is 6.04 Å². The highest BCUT2D eigenvalue weighted by molar-refractivity contribution is 5.86. The summed E-state index contributed by atoms with van der Waals surface area (Å²) >= 11 is 0. The van der Waals surface area contributed by atoms with Gasteiger partial charge in [-0.3, -0.25) is 0 Å². The van der Waals surface area contributed by atoms with Crippen molar-refractivity contribution in [1.82, 2.24) is 9.88 Å². The van der Waals surface area contributed by atoms with Gasteiger partial charge >= 0.3 is 0 Å². The van der Waals surface area contributed by atoms with Crippen LogP contribution >= 0.6 is 0 Å². The summed E-state index contributed by atoms with van der Waals surface area (Å²) < 4.78 is 2.52. The molecule has 0 unspecified atom stereocenters. The van der Waals surface area contributed by atoms with Crippen LogP contribution in [0.1, 0.15) is 28.4 Å². The number of aromatic nitrogens is 1. The van der Waals surface area contributed by atoms with E-state index in [1.807, 2.05) is 0 Å². The molecule has 0 saturated heterocycles. The van der Waals surface area contributed by atoms with Gasteiger partial charge in [-0.25, -0.2) is 0 Å². The number of nitrogens with one attached hydrogen (secondary N) is 1. The van der Waals surface area contributed by atoms with E-state index >= 15 is 0 Å². The quantitative estimate of drug-likeness (QED) is 0.561. The Morgan fingerprint density at radius 1 is 0.808 bits per heavy atom. The van der Waals surface area contributed by atoms with E-state index < -0.39 is 0 Å². The largest absolute Gasteiger partial charge is 0.338 e. The number of para-hydroxylation sites is 1. The minimum Gasteiger partial charge on any atom is -0.338 e. The van der Waals surface area contributed by atoms with E-state index in [1.165, 1.54) is 33.3 Å². The summed E-state index contributed by atoms with van der Waals surface area (Å²) in [5.41, 5.74) is 6.95. The van der Waals surface area contributed by atoms with Crippen molar-refractivity contribution >= 4 is 10.9 Å². The van der Waals surface area contributed by atoms with Gasteiger partial charge in [0.25, 0.3) is 0 Å². The molecule has 0 aliphatic carbocycles. The van der Waals surface area contributed by atoms with Crippen LogP contribution in [0.2, 0.25) is 0 Å². The van der Waals surface area contributed by atoms with E-state index in [0.29, 0.717) is 0 Å². The molecule has 0 bridgehead atoms. The lowest BCUT2D eigenvalue weighted by molar-refractivity contribution is 0.534. The van der Waals surface area contributed by atoms with Gasteiger partial charge in [-0.1, -0.05) is 78.9 Å². The predicted octanol–water partition coefficient (Wildman–Crippen LogP) is 4.92. The molecule has 0 fully saturated rings. The summed E-state index contributed by atoms with van der Waals surface area (Å²) in [6.07, 6.45) is 1.08. The summed E-state index contributed by atoms with van der Waals surface area (Å²) in [5.74, 6) is 0. The average molecular weight is 338 g/mol. The van der Waals surface area contributed by atoms with Crippen molar-refractivity contribution in [3.05, 3.63) is 107 Å². The SMILES string of the molecule is c1ccc(Cn2c3c(c4ccccc42)CCN[C@H]3c2ccccc2)cc1. The molecule has 1 aromatic heterocycles. The molecule has 1 N–H and O–H groups in total. The van der Waals surface area contributed by atoms with Gasteiger partial charge in [0.1, 0.15) is 0 Å². The number of hydrogen-bond acceptors (Lipinski definition) is 1. The van der Waals surface area contributed by atoms with Crippen LogP contribution in [0.15, 0.2) is 84.9 Å². The van der Waals surface area contributed by atoms with Gasteiger partial charge in [-0.05, 0) is 29.2 Å². The Labute approximate surface area is 154 Å². The average Bonchev–Trinajstić information content (AvgIpc) is 3.04. The highest BCUT2D eigenvalue weighted by Crippen LogP contribution is 2.36. The monoisotopic (exact) mass is 338 g/mol. The van der Waals surface area contributed by atoms with Gasteiger partial charge in [-0.15, -0.1) is 0 Å². The zero-order chi connectivity index (χ0) is 17.3. The highest BCUT2D eigenvalue weighted by Gasteiger charge is 2.28. The maximum atomic E-state index is 3.76. The summed E-state index contributed by atoms with van der Waals surface area (Å²) in [6.45, 7) is 1.92. The van der Waals surface area contributed by atoms with Crippen LogP contribution in [0, 0.1) is 0 Å². The van der Waals surface area contributed by atoms with E-state index in [9.17, 15) is 0 Å². The molecule has 0 amide bonds. The maximum Gasteiger partial charge on any atom is 0.0734 e. The minimum absolute atomic E-state index is 0.246. The van der Waals surface area contributed by atoms with Crippen molar-refractivity contribution in [2.24, 2.45) is 0 Å². The molecule has 1 atom stereocenters. The van der Waals surface area contributed by atoms with Crippen LogP contribution in [-0.2, 0) is 13.0 Å². The molecule has 0 radical (unpaired) electrons. The van der Waals surface area contributed by atoms with E-state index in [2.05, 4.69) is 94.8 Å². The normalized spacial score (nSPS) is 16.5. The van der Waals surface area contributed by atoms with Gasteiger partial charge in [0.2, 0.25) is 0 Å².